The van der Waals surface area contributed by atoms with Crippen molar-refractivity contribution < 1.29 is 57.5 Å². The summed E-state index contributed by atoms with van der Waals surface area (Å²) in [6.07, 6.45) is 9.50. The van der Waals surface area contributed by atoms with E-state index in [1.165, 1.54) is 0 Å². The standard InChI is InChI=1S/C5H6.2ClH.Y/c1-2-4-5-3-1;;;/h1-4H,5H2;2*1H;/p-2. The largest absolute Gasteiger partial charge is 1.00 e. The van der Waals surface area contributed by atoms with E-state index in [0.717, 1.165) is 6.42 Å². The minimum atomic E-state index is 0. The van der Waals surface area contributed by atoms with Crippen molar-refractivity contribution in [2.24, 2.45) is 0 Å². The van der Waals surface area contributed by atoms with Crippen LogP contribution < -0.4 is 24.8 Å². The van der Waals surface area contributed by atoms with Crippen LogP contribution in [0.15, 0.2) is 24.3 Å². The Labute approximate surface area is 87.5 Å². The molecule has 0 heterocycles. The van der Waals surface area contributed by atoms with Crippen LogP contribution in [0, 0.1) is 0 Å². The predicted molar refractivity (Wildman–Crippen MR) is 22.9 cm³/mol. The first-order chi connectivity index (χ1) is 2.50. The van der Waals surface area contributed by atoms with Gasteiger partial charge < -0.3 is 24.8 Å². The fourth-order valence-corrected chi connectivity index (χ4v) is 0.393. The van der Waals surface area contributed by atoms with Gasteiger partial charge in [-0.3, -0.25) is 0 Å². The molecule has 0 nitrogen and oxygen atoms in total. The maximum atomic E-state index is 2.12. The third kappa shape index (κ3) is 7.16. The van der Waals surface area contributed by atoms with E-state index in [0.29, 0.717) is 0 Å². The monoisotopic (exact) mass is 225 g/mol. The Morgan fingerprint density at radius 2 is 1.25 bits per heavy atom. The SMILES string of the molecule is C1=CCC=C1.[Cl-].[Cl-].[Y]. The molecule has 1 aliphatic rings. The number of hydrogen-bond acceptors (Lipinski definition) is 0. The molecule has 0 spiro atoms. The summed E-state index contributed by atoms with van der Waals surface area (Å²) in [6.45, 7) is 0. The maximum Gasteiger partial charge on any atom is 0 e. The Hall–Kier alpha value is 1.16. The van der Waals surface area contributed by atoms with Crippen LogP contribution >= 0.6 is 0 Å². The summed E-state index contributed by atoms with van der Waals surface area (Å²) in [5.41, 5.74) is 0. The zero-order valence-electron chi connectivity index (χ0n) is 4.35. The summed E-state index contributed by atoms with van der Waals surface area (Å²) in [5.74, 6) is 0. The third-order valence-electron chi connectivity index (χ3n) is 0.655. The molecule has 0 aromatic rings. The zero-order valence-corrected chi connectivity index (χ0v) is 8.70. The molecule has 0 saturated heterocycles. The topological polar surface area (TPSA) is 0 Å². The second-order valence-electron chi connectivity index (χ2n) is 1.09. The van der Waals surface area contributed by atoms with E-state index >= 15 is 0 Å². The Bertz CT molecular complexity index is 68.5. The van der Waals surface area contributed by atoms with Crippen molar-refractivity contribution in [1.82, 2.24) is 0 Å². The molecule has 0 atom stereocenters. The second kappa shape index (κ2) is 11.0. The van der Waals surface area contributed by atoms with Crippen LogP contribution in [0.3, 0.4) is 0 Å². The molecule has 0 saturated carbocycles. The van der Waals surface area contributed by atoms with Crippen LogP contribution in [0.5, 0.6) is 0 Å². The molecule has 3 heteroatoms. The average Bonchev–Trinajstić information content (AvgIpc) is 1.76. The summed E-state index contributed by atoms with van der Waals surface area (Å²) in [7, 11) is 0. The van der Waals surface area contributed by atoms with E-state index in [2.05, 4.69) is 24.3 Å². The summed E-state index contributed by atoms with van der Waals surface area (Å²) < 4.78 is 0. The van der Waals surface area contributed by atoms with Crippen molar-refractivity contribution in [1.29, 1.82) is 0 Å². The van der Waals surface area contributed by atoms with E-state index in [4.69, 9.17) is 0 Å². The van der Waals surface area contributed by atoms with Crippen LogP contribution in [-0.4, -0.2) is 0 Å². The molecule has 0 aromatic heterocycles. The summed E-state index contributed by atoms with van der Waals surface area (Å²) in [5, 5.41) is 0. The quantitative estimate of drug-likeness (QED) is 0.390. The van der Waals surface area contributed by atoms with Crippen LogP contribution in [0.4, 0.5) is 0 Å². The van der Waals surface area contributed by atoms with E-state index in [1.54, 1.807) is 0 Å². The van der Waals surface area contributed by atoms with E-state index in [1.807, 2.05) is 0 Å². The summed E-state index contributed by atoms with van der Waals surface area (Å²) in [4.78, 5) is 0. The molecule has 1 rings (SSSR count). The number of allylic oxidation sites excluding steroid dienone is 4. The predicted octanol–water partition coefficient (Wildman–Crippen LogP) is -4.49. The van der Waals surface area contributed by atoms with Crippen molar-refractivity contribution in [2.45, 2.75) is 6.42 Å². The number of halogens is 2. The summed E-state index contributed by atoms with van der Waals surface area (Å²) >= 11 is 0. The molecular formula is C5H6Cl2Y-2. The van der Waals surface area contributed by atoms with Gasteiger partial charge in [0.05, 0.1) is 0 Å². The van der Waals surface area contributed by atoms with Gasteiger partial charge in [0.15, 0.2) is 0 Å². The fraction of sp³-hybridized carbons (Fsp3) is 0.200. The smallest absolute Gasteiger partial charge is 0 e. The van der Waals surface area contributed by atoms with E-state index < -0.39 is 0 Å². The fourth-order valence-electron chi connectivity index (χ4n) is 0.393. The van der Waals surface area contributed by atoms with Crippen LogP contribution in [-0.2, 0) is 32.7 Å². The Kier molecular flexibility index (Phi) is 22.2. The van der Waals surface area contributed by atoms with Crippen molar-refractivity contribution in [2.75, 3.05) is 0 Å². The van der Waals surface area contributed by atoms with Crippen LogP contribution in [0.25, 0.3) is 0 Å². The normalized spacial score (nSPS) is 11.0. The van der Waals surface area contributed by atoms with E-state index in [-0.39, 0.29) is 57.5 Å². The molecule has 0 aromatic carbocycles. The van der Waals surface area contributed by atoms with Crippen molar-refractivity contribution >= 4 is 0 Å². The molecular weight excluding hydrogens is 220 g/mol. The van der Waals surface area contributed by atoms with Gasteiger partial charge in [0.25, 0.3) is 0 Å². The van der Waals surface area contributed by atoms with Gasteiger partial charge in [-0.2, -0.15) is 0 Å². The van der Waals surface area contributed by atoms with Crippen LogP contribution in [0.1, 0.15) is 6.42 Å². The van der Waals surface area contributed by atoms with Crippen LogP contribution in [0.2, 0.25) is 0 Å². The molecule has 0 aliphatic heterocycles. The molecule has 0 fully saturated rings. The Morgan fingerprint density at radius 3 is 1.38 bits per heavy atom. The molecule has 1 aliphatic carbocycles. The van der Waals surface area contributed by atoms with Gasteiger partial charge in [0, 0.05) is 32.7 Å². The minimum absolute atomic E-state index is 0. The van der Waals surface area contributed by atoms with Crippen molar-refractivity contribution in [3.05, 3.63) is 24.3 Å². The summed E-state index contributed by atoms with van der Waals surface area (Å²) in [6, 6.07) is 0. The molecule has 0 unspecified atom stereocenters. The zero-order chi connectivity index (χ0) is 3.54. The first kappa shape index (κ1) is 16.1. The maximum absolute atomic E-state index is 2.12. The van der Waals surface area contributed by atoms with Gasteiger partial charge in [-0.05, 0) is 6.42 Å². The van der Waals surface area contributed by atoms with Gasteiger partial charge in [0.1, 0.15) is 0 Å². The van der Waals surface area contributed by atoms with Gasteiger partial charge in [-0.15, -0.1) is 0 Å². The molecule has 0 bridgehead atoms. The number of hydrogen-bond donors (Lipinski definition) is 0. The average molecular weight is 226 g/mol. The minimum Gasteiger partial charge on any atom is -1.00 e. The van der Waals surface area contributed by atoms with Gasteiger partial charge in [0.2, 0.25) is 0 Å². The van der Waals surface area contributed by atoms with Gasteiger partial charge >= 0.3 is 0 Å². The first-order valence-electron chi connectivity index (χ1n) is 1.82. The second-order valence-corrected chi connectivity index (χ2v) is 1.09. The molecule has 1 radical (unpaired) electrons. The Balaban J connectivity index is -0.0000000833. The molecule has 0 amide bonds. The van der Waals surface area contributed by atoms with Crippen molar-refractivity contribution in [3.63, 3.8) is 0 Å². The first-order valence-corrected chi connectivity index (χ1v) is 1.82. The number of rotatable bonds is 0. The molecule has 45 valence electrons. The van der Waals surface area contributed by atoms with E-state index in [9.17, 15) is 0 Å². The Morgan fingerprint density at radius 1 is 0.875 bits per heavy atom. The molecule has 0 N–H and O–H groups in total. The van der Waals surface area contributed by atoms with Gasteiger partial charge in [-0.25, -0.2) is 0 Å². The van der Waals surface area contributed by atoms with Gasteiger partial charge in [-0.1, -0.05) is 24.3 Å². The molecule has 8 heavy (non-hydrogen) atoms. The third-order valence-corrected chi connectivity index (χ3v) is 0.655. The van der Waals surface area contributed by atoms with Crippen molar-refractivity contribution in [3.8, 4) is 0 Å².